The number of methoxy groups -OCH3 is 1. The topological polar surface area (TPSA) is 37.4 Å². The highest BCUT2D eigenvalue weighted by Crippen LogP contribution is 2.31. The number of anilines is 3. The van der Waals surface area contributed by atoms with Crippen molar-refractivity contribution in [2.45, 2.75) is 0 Å². The summed E-state index contributed by atoms with van der Waals surface area (Å²) >= 11 is 0. The maximum Gasteiger partial charge on any atom is 0.136 e. The Labute approximate surface area is 130 Å². The predicted octanol–water partition coefficient (Wildman–Crippen LogP) is 4.05. The minimum absolute atomic E-state index is 0.826. The van der Waals surface area contributed by atoms with Crippen LogP contribution in [0.15, 0.2) is 54.7 Å². The van der Waals surface area contributed by atoms with Gasteiger partial charge in [-0.1, -0.05) is 30.3 Å². The largest absolute Gasteiger partial charge is 0.497 e. The molecule has 0 spiro atoms. The van der Waals surface area contributed by atoms with E-state index in [1.165, 1.54) is 0 Å². The number of rotatable bonds is 4. The zero-order chi connectivity index (χ0) is 15.5. The molecule has 2 aromatic carbocycles. The zero-order valence-electron chi connectivity index (χ0n) is 13.0. The molecule has 3 aromatic rings. The van der Waals surface area contributed by atoms with Gasteiger partial charge < -0.3 is 15.0 Å². The van der Waals surface area contributed by atoms with Gasteiger partial charge in [-0.05, 0) is 12.1 Å². The molecule has 0 amide bonds. The van der Waals surface area contributed by atoms with Crippen LogP contribution in [0.4, 0.5) is 17.2 Å². The molecule has 112 valence electrons. The Morgan fingerprint density at radius 2 is 1.77 bits per heavy atom. The van der Waals surface area contributed by atoms with Crippen molar-refractivity contribution in [2.24, 2.45) is 0 Å². The van der Waals surface area contributed by atoms with E-state index in [-0.39, 0.29) is 0 Å². The third kappa shape index (κ3) is 2.68. The van der Waals surface area contributed by atoms with Gasteiger partial charge in [0.25, 0.3) is 0 Å². The first-order chi connectivity index (χ1) is 10.7. The van der Waals surface area contributed by atoms with Crippen LogP contribution in [0.1, 0.15) is 0 Å². The number of aromatic nitrogens is 1. The van der Waals surface area contributed by atoms with Crippen LogP contribution in [-0.4, -0.2) is 26.2 Å². The molecule has 0 fully saturated rings. The monoisotopic (exact) mass is 293 g/mol. The summed E-state index contributed by atoms with van der Waals surface area (Å²) in [6, 6.07) is 16.1. The van der Waals surface area contributed by atoms with Crippen molar-refractivity contribution in [3.63, 3.8) is 0 Å². The Morgan fingerprint density at radius 1 is 1.00 bits per heavy atom. The zero-order valence-corrected chi connectivity index (χ0v) is 13.0. The highest BCUT2D eigenvalue weighted by atomic mass is 16.5. The van der Waals surface area contributed by atoms with E-state index in [0.717, 1.165) is 33.7 Å². The summed E-state index contributed by atoms with van der Waals surface area (Å²) in [6.45, 7) is 0. The Kier molecular flexibility index (Phi) is 3.83. The highest BCUT2D eigenvalue weighted by Gasteiger charge is 2.09. The molecule has 4 nitrogen and oxygen atoms in total. The van der Waals surface area contributed by atoms with Crippen LogP contribution in [0.2, 0.25) is 0 Å². The van der Waals surface area contributed by atoms with Gasteiger partial charge >= 0.3 is 0 Å². The molecule has 0 aliphatic heterocycles. The van der Waals surface area contributed by atoms with E-state index < -0.39 is 0 Å². The SMILES string of the molecule is COc1cccc(Nc2cnc(N(C)C)c3ccccc23)c1. The summed E-state index contributed by atoms with van der Waals surface area (Å²) in [7, 11) is 5.68. The number of nitrogens with one attached hydrogen (secondary N) is 1. The van der Waals surface area contributed by atoms with Crippen LogP contribution in [-0.2, 0) is 0 Å². The smallest absolute Gasteiger partial charge is 0.136 e. The summed E-state index contributed by atoms with van der Waals surface area (Å²) in [5, 5.41) is 5.69. The lowest BCUT2D eigenvalue weighted by Crippen LogP contribution is -2.11. The van der Waals surface area contributed by atoms with Gasteiger partial charge in [0.2, 0.25) is 0 Å². The first-order valence-corrected chi connectivity index (χ1v) is 7.15. The first kappa shape index (κ1) is 14.2. The molecular formula is C18H19N3O. The number of fused-ring (bicyclic) bond motifs is 1. The molecule has 4 heteroatoms. The summed E-state index contributed by atoms with van der Waals surface area (Å²) in [6.07, 6.45) is 1.87. The van der Waals surface area contributed by atoms with Crippen molar-refractivity contribution in [2.75, 3.05) is 31.4 Å². The summed E-state index contributed by atoms with van der Waals surface area (Å²) in [5.74, 6) is 1.79. The Balaban J connectivity index is 2.06. The van der Waals surface area contributed by atoms with E-state index in [0.29, 0.717) is 0 Å². The lowest BCUT2D eigenvalue weighted by molar-refractivity contribution is 0.415. The van der Waals surface area contributed by atoms with Crippen LogP contribution in [0.3, 0.4) is 0 Å². The number of hydrogen-bond donors (Lipinski definition) is 1. The van der Waals surface area contributed by atoms with Crippen LogP contribution < -0.4 is 15.0 Å². The summed E-state index contributed by atoms with van der Waals surface area (Å²) < 4.78 is 5.27. The van der Waals surface area contributed by atoms with Gasteiger partial charge in [-0.2, -0.15) is 0 Å². The lowest BCUT2D eigenvalue weighted by Gasteiger charge is -2.17. The normalized spacial score (nSPS) is 10.5. The van der Waals surface area contributed by atoms with Crippen molar-refractivity contribution in [1.29, 1.82) is 0 Å². The van der Waals surface area contributed by atoms with Crippen LogP contribution in [0.5, 0.6) is 5.75 Å². The quantitative estimate of drug-likeness (QED) is 0.787. The predicted molar refractivity (Wildman–Crippen MR) is 92.3 cm³/mol. The molecule has 0 aliphatic rings. The molecule has 0 aliphatic carbocycles. The average molecular weight is 293 g/mol. The van der Waals surface area contributed by atoms with Gasteiger partial charge in [-0.25, -0.2) is 4.98 Å². The number of benzene rings is 2. The summed E-state index contributed by atoms with van der Waals surface area (Å²) in [4.78, 5) is 6.60. The minimum atomic E-state index is 0.826. The molecule has 0 saturated carbocycles. The molecule has 1 N–H and O–H groups in total. The second-order valence-corrected chi connectivity index (χ2v) is 5.29. The van der Waals surface area contributed by atoms with E-state index in [1.54, 1.807) is 7.11 Å². The van der Waals surface area contributed by atoms with E-state index in [2.05, 4.69) is 22.4 Å². The molecule has 0 atom stereocenters. The second kappa shape index (κ2) is 5.93. The fraction of sp³-hybridized carbons (Fsp3) is 0.167. The molecule has 22 heavy (non-hydrogen) atoms. The van der Waals surface area contributed by atoms with Gasteiger partial charge in [0.15, 0.2) is 0 Å². The lowest BCUT2D eigenvalue weighted by atomic mass is 10.1. The van der Waals surface area contributed by atoms with Crippen molar-refractivity contribution in [1.82, 2.24) is 4.98 Å². The molecule has 1 heterocycles. The average Bonchev–Trinajstić information content (AvgIpc) is 2.55. The molecule has 0 unspecified atom stereocenters. The number of pyridine rings is 1. The summed E-state index contributed by atoms with van der Waals surface area (Å²) in [5.41, 5.74) is 1.96. The fourth-order valence-electron chi connectivity index (χ4n) is 2.49. The van der Waals surface area contributed by atoms with Gasteiger partial charge in [-0.3, -0.25) is 0 Å². The molecule has 0 bridgehead atoms. The number of nitrogens with zero attached hydrogens (tertiary/aromatic N) is 2. The molecule has 3 rings (SSSR count). The minimum Gasteiger partial charge on any atom is -0.497 e. The molecular weight excluding hydrogens is 274 g/mol. The molecule has 0 radical (unpaired) electrons. The van der Waals surface area contributed by atoms with E-state index in [1.807, 2.05) is 61.6 Å². The maximum atomic E-state index is 5.27. The van der Waals surface area contributed by atoms with Crippen molar-refractivity contribution in [3.05, 3.63) is 54.7 Å². The van der Waals surface area contributed by atoms with Gasteiger partial charge in [0.1, 0.15) is 11.6 Å². The third-order valence-corrected chi connectivity index (χ3v) is 3.55. The highest BCUT2D eigenvalue weighted by molar-refractivity contribution is 6.01. The Morgan fingerprint density at radius 3 is 2.50 bits per heavy atom. The van der Waals surface area contributed by atoms with Crippen molar-refractivity contribution in [3.8, 4) is 5.75 Å². The van der Waals surface area contributed by atoms with Crippen molar-refractivity contribution < 1.29 is 4.74 Å². The van der Waals surface area contributed by atoms with Gasteiger partial charge in [0, 0.05) is 36.6 Å². The first-order valence-electron chi connectivity index (χ1n) is 7.15. The van der Waals surface area contributed by atoms with E-state index in [9.17, 15) is 0 Å². The maximum absolute atomic E-state index is 5.27. The number of ether oxygens (including phenoxy) is 1. The second-order valence-electron chi connectivity index (χ2n) is 5.29. The third-order valence-electron chi connectivity index (χ3n) is 3.55. The molecule has 1 aromatic heterocycles. The Bertz CT molecular complexity index is 799. The fourth-order valence-corrected chi connectivity index (χ4v) is 2.49. The van der Waals surface area contributed by atoms with Crippen molar-refractivity contribution >= 4 is 28.0 Å². The van der Waals surface area contributed by atoms with Crippen LogP contribution in [0.25, 0.3) is 10.8 Å². The van der Waals surface area contributed by atoms with E-state index in [4.69, 9.17) is 4.74 Å². The van der Waals surface area contributed by atoms with Crippen LogP contribution >= 0.6 is 0 Å². The van der Waals surface area contributed by atoms with Gasteiger partial charge in [0.05, 0.1) is 19.0 Å². The van der Waals surface area contributed by atoms with E-state index >= 15 is 0 Å². The molecule has 0 saturated heterocycles. The standard InChI is InChI=1S/C18H19N3O/c1-21(2)18-16-10-5-4-9-15(16)17(12-19-18)20-13-7-6-8-14(11-13)22-3/h4-12,20H,1-3H3. The Hall–Kier alpha value is -2.75. The van der Waals surface area contributed by atoms with Crippen LogP contribution in [0, 0.1) is 0 Å². The number of hydrogen-bond acceptors (Lipinski definition) is 4. The van der Waals surface area contributed by atoms with Gasteiger partial charge in [-0.15, -0.1) is 0 Å².